The molecule has 1 saturated heterocycles. The van der Waals surface area contributed by atoms with Gasteiger partial charge in [-0.05, 0) is 31.1 Å². The van der Waals surface area contributed by atoms with Gasteiger partial charge in [-0.2, -0.15) is 13.2 Å². The van der Waals surface area contributed by atoms with Gasteiger partial charge in [0.05, 0.1) is 16.8 Å². The summed E-state index contributed by atoms with van der Waals surface area (Å²) in [5.74, 6) is -2.52. The molecule has 0 bridgehead atoms. The molecular formula is C19H20F4N2O2. The smallest absolute Gasteiger partial charge is 0.396 e. The van der Waals surface area contributed by atoms with E-state index in [9.17, 15) is 27.2 Å². The van der Waals surface area contributed by atoms with Gasteiger partial charge < -0.3 is 10.6 Å². The van der Waals surface area contributed by atoms with E-state index in [-0.39, 0.29) is 24.6 Å². The third-order valence-corrected chi connectivity index (χ3v) is 5.34. The average Bonchev–Trinajstić information content (AvgIpc) is 2.94. The highest BCUT2D eigenvalue weighted by Crippen LogP contribution is 2.47. The maximum atomic E-state index is 14.3. The van der Waals surface area contributed by atoms with Crippen LogP contribution in [0, 0.1) is 16.6 Å². The van der Waals surface area contributed by atoms with E-state index < -0.39 is 39.9 Å². The van der Waals surface area contributed by atoms with Gasteiger partial charge in [0.15, 0.2) is 5.78 Å². The van der Waals surface area contributed by atoms with Crippen molar-refractivity contribution in [3.05, 3.63) is 46.9 Å². The summed E-state index contributed by atoms with van der Waals surface area (Å²) in [7, 11) is 0. The maximum absolute atomic E-state index is 14.3. The molecule has 8 heteroatoms. The summed E-state index contributed by atoms with van der Waals surface area (Å²) in [4.78, 5) is 26.2. The summed E-state index contributed by atoms with van der Waals surface area (Å²) in [6, 6.07) is 2.68. The summed E-state index contributed by atoms with van der Waals surface area (Å²) in [6.07, 6.45) is -2.25. The monoisotopic (exact) mass is 384 g/mol. The molecule has 1 heterocycles. The van der Waals surface area contributed by atoms with Gasteiger partial charge in [-0.3, -0.25) is 9.59 Å². The summed E-state index contributed by atoms with van der Waals surface area (Å²) >= 11 is 0. The van der Waals surface area contributed by atoms with Crippen molar-refractivity contribution >= 4 is 11.7 Å². The van der Waals surface area contributed by atoms with Gasteiger partial charge >= 0.3 is 6.18 Å². The zero-order valence-electron chi connectivity index (χ0n) is 15.0. The Labute approximate surface area is 154 Å². The Morgan fingerprint density at radius 2 is 1.93 bits per heavy atom. The molecule has 1 aromatic carbocycles. The fourth-order valence-corrected chi connectivity index (χ4v) is 4.22. The lowest BCUT2D eigenvalue weighted by Crippen LogP contribution is -2.42. The molecule has 0 saturated carbocycles. The van der Waals surface area contributed by atoms with Gasteiger partial charge in [-0.25, -0.2) is 4.39 Å². The van der Waals surface area contributed by atoms with E-state index in [4.69, 9.17) is 5.73 Å². The number of rotatable bonds is 1. The first-order chi connectivity index (χ1) is 12.4. The highest BCUT2D eigenvalue weighted by molar-refractivity contribution is 6.00. The van der Waals surface area contributed by atoms with Crippen LogP contribution in [0.1, 0.15) is 42.6 Å². The summed E-state index contributed by atoms with van der Waals surface area (Å²) in [5.41, 5.74) is 2.69. The number of amides is 1. The largest absolute Gasteiger partial charge is 0.419 e. The third-order valence-electron chi connectivity index (χ3n) is 5.34. The van der Waals surface area contributed by atoms with Crippen LogP contribution in [0.25, 0.3) is 0 Å². The molecule has 3 rings (SSSR count). The predicted octanol–water partition coefficient (Wildman–Crippen LogP) is 3.52. The molecule has 2 aliphatic rings. The number of likely N-dealkylation sites (tertiary alicyclic amines) is 1. The Morgan fingerprint density at radius 1 is 1.26 bits per heavy atom. The molecule has 1 aliphatic heterocycles. The Bertz CT molecular complexity index is 845. The molecule has 4 nitrogen and oxygen atoms in total. The number of ketones is 1. The van der Waals surface area contributed by atoms with Crippen LogP contribution in [0.2, 0.25) is 0 Å². The fourth-order valence-electron chi connectivity index (χ4n) is 4.22. The average molecular weight is 384 g/mol. The molecule has 0 aromatic heterocycles. The second kappa shape index (κ2) is 6.07. The number of carbonyl (C=O) groups excluding carboxylic acids is 2. The molecule has 0 unspecified atom stereocenters. The first kappa shape index (κ1) is 19.4. The number of Topliss-reactive ketones (excluding diaryl/α,β-unsaturated/α-hetero) is 1. The standard InChI is InChI=1S/C19H20F4N2O2/c1-17(2)9-18(8-13(24)15(17)26)6-7-25(10-18)16(27)11-4-3-5-12(14(11)20)19(21,22)23/h3-5,8H,6-7,9-10,24H2,1-2H3/t18-/m0/s1. The molecule has 1 atom stereocenters. The number of hydrogen-bond donors (Lipinski definition) is 1. The van der Waals surface area contributed by atoms with Gasteiger partial charge in [0, 0.05) is 23.9 Å². The van der Waals surface area contributed by atoms with Crippen molar-refractivity contribution < 1.29 is 27.2 Å². The van der Waals surface area contributed by atoms with E-state index in [2.05, 4.69) is 0 Å². The van der Waals surface area contributed by atoms with Crippen molar-refractivity contribution in [1.29, 1.82) is 0 Å². The van der Waals surface area contributed by atoms with Gasteiger partial charge in [0.2, 0.25) is 0 Å². The van der Waals surface area contributed by atoms with E-state index in [1.165, 1.54) is 4.90 Å². The zero-order chi connectivity index (χ0) is 20.2. The van der Waals surface area contributed by atoms with Crippen molar-refractivity contribution in [1.82, 2.24) is 4.90 Å². The zero-order valence-corrected chi connectivity index (χ0v) is 15.0. The topological polar surface area (TPSA) is 63.4 Å². The third kappa shape index (κ3) is 3.33. The van der Waals surface area contributed by atoms with Crippen LogP contribution in [0.3, 0.4) is 0 Å². The lowest BCUT2D eigenvalue weighted by molar-refractivity contribution is -0.140. The first-order valence-corrected chi connectivity index (χ1v) is 8.54. The number of allylic oxidation sites excluding steroid dienone is 1. The SMILES string of the molecule is CC1(C)C[C@@]2(C=C(N)C1=O)CCN(C(=O)c1cccc(C(F)(F)F)c1F)C2. The van der Waals surface area contributed by atoms with E-state index in [0.29, 0.717) is 18.9 Å². The number of alkyl halides is 3. The van der Waals surface area contributed by atoms with Gasteiger partial charge in [-0.1, -0.05) is 19.9 Å². The van der Waals surface area contributed by atoms with Gasteiger partial charge in [-0.15, -0.1) is 0 Å². The number of halogens is 4. The Morgan fingerprint density at radius 3 is 2.52 bits per heavy atom. The van der Waals surface area contributed by atoms with Gasteiger partial charge in [0.25, 0.3) is 5.91 Å². The molecular weight excluding hydrogens is 364 g/mol. The van der Waals surface area contributed by atoms with Crippen molar-refractivity contribution in [3.63, 3.8) is 0 Å². The quantitative estimate of drug-likeness (QED) is 0.754. The van der Waals surface area contributed by atoms with Crippen LogP contribution in [-0.2, 0) is 11.0 Å². The van der Waals surface area contributed by atoms with Crippen LogP contribution in [0.5, 0.6) is 0 Å². The normalized spacial score (nSPS) is 25.0. The van der Waals surface area contributed by atoms with Crippen LogP contribution in [-0.4, -0.2) is 29.7 Å². The molecule has 1 fully saturated rings. The minimum absolute atomic E-state index is 0.130. The van der Waals surface area contributed by atoms with E-state index >= 15 is 0 Å². The van der Waals surface area contributed by atoms with Crippen molar-refractivity contribution in [2.75, 3.05) is 13.1 Å². The second-order valence-corrected chi connectivity index (χ2v) is 7.99. The molecule has 2 N–H and O–H groups in total. The second-order valence-electron chi connectivity index (χ2n) is 7.99. The molecule has 1 spiro atoms. The minimum atomic E-state index is -4.88. The number of hydrogen-bond acceptors (Lipinski definition) is 3. The summed E-state index contributed by atoms with van der Waals surface area (Å²) in [6.45, 7) is 3.98. The number of benzene rings is 1. The van der Waals surface area contributed by atoms with Crippen LogP contribution in [0.4, 0.5) is 17.6 Å². The van der Waals surface area contributed by atoms with E-state index in [0.717, 1.165) is 12.1 Å². The number of nitrogens with two attached hydrogens (primary N) is 1. The highest BCUT2D eigenvalue weighted by Gasteiger charge is 2.48. The maximum Gasteiger partial charge on any atom is 0.419 e. The summed E-state index contributed by atoms with van der Waals surface area (Å²) in [5, 5.41) is 0. The molecule has 1 aromatic rings. The Balaban J connectivity index is 1.89. The molecule has 146 valence electrons. The highest BCUT2D eigenvalue weighted by atomic mass is 19.4. The number of nitrogens with zero attached hydrogens (tertiary/aromatic N) is 1. The lowest BCUT2D eigenvalue weighted by atomic mass is 9.65. The van der Waals surface area contributed by atoms with Crippen LogP contribution >= 0.6 is 0 Å². The first-order valence-electron chi connectivity index (χ1n) is 8.54. The Kier molecular flexibility index (Phi) is 4.36. The predicted molar refractivity (Wildman–Crippen MR) is 90.0 cm³/mol. The summed E-state index contributed by atoms with van der Waals surface area (Å²) < 4.78 is 53.0. The number of carbonyl (C=O) groups is 2. The van der Waals surface area contributed by atoms with Crippen molar-refractivity contribution in [2.24, 2.45) is 16.6 Å². The molecule has 0 radical (unpaired) electrons. The van der Waals surface area contributed by atoms with Crippen LogP contribution in [0.15, 0.2) is 30.0 Å². The molecule has 27 heavy (non-hydrogen) atoms. The van der Waals surface area contributed by atoms with E-state index in [1.54, 1.807) is 19.9 Å². The van der Waals surface area contributed by atoms with Crippen molar-refractivity contribution in [3.8, 4) is 0 Å². The fraction of sp³-hybridized carbons (Fsp3) is 0.474. The van der Waals surface area contributed by atoms with Crippen molar-refractivity contribution in [2.45, 2.75) is 32.9 Å². The van der Waals surface area contributed by atoms with Crippen LogP contribution < -0.4 is 5.73 Å². The Hall–Kier alpha value is -2.38. The van der Waals surface area contributed by atoms with E-state index in [1.807, 2.05) is 0 Å². The molecule has 1 amide bonds. The molecule has 1 aliphatic carbocycles. The van der Waals surface area contributed by atoms with Gasteiger partial charge in [0.1, 0.15) is 5.82 Å². The minimum Gasteiger partial charge on any atom is -0.396 e. The lowest BCUT2D eigenvalue weighted by Gasteiger charge is -2.39.